The molecule has 2 rings (SSSR count). The second-order valence-corrected chi connectivity index (χ2v) is 9.20. The first kappa shape index (κ1) is 20.4. The number of likely N-dealkylation sites (N-methyl/N-ethyl adjacent to an activating group) is 1. The fourth-order valence-corrected chi connectivity index (χ4v) is 4.88. The van der Waals surface area contributed by atoms with Gasteiger partial charge in [-0.15, -0.1) is 11.8 Å². The van der Waals surface area contributed by atoms with Crippen molar-refractivity contribution in [2.45, 2.75) is 29.2 Å². The number of carbonyl (C=O) groups is 1. The van der Waals surface area contributed by atoms with Crippen molar-refractivity contribution >= 4 is 58.7 Å². The maximum atomic E-state index is 12.3. The van der Waals surface area contributed by atoms with Crippen molar-refractivity contribution in [2.24, 2.45) is 0 Å². The SMILES string of the molecule is CCCSc1nn(CN(C)CC(=O)Nc2ccccc2SC)c(=S)s1. The van der Waals surface area contributed by atoms with Gasteiger partial charge >= 0.3 is 0 Å². The van der Waals surface area contributed by atoms with Crippen LogP contribution >= 0.6 is 47.1 Å². The standard InChI is InChI=1S/C16H22N4OS4/c1-4-9-24-15-18-20(16(22)25-15)11-19(2)10-14(21)17-12-7-5-6-8-13(12)23-3/h5-8H,4,9-11H2,1-3H3,(H,17,21). The van der Waals surface area contributed by atoms with E-state index in [1.807, 2.05) is 42.5 Å². The van der Waals surface area contributed by atoms with Crippen LogP contribution in [-0.4, -0.2) is 46.2 Å². The van der Waals surface area contributed by atoms with Crippen molar-refractivity contribution in [1.82, 2.24) is 14.7 Å². The van der Waals surface area contributed by atoms with Gasteiger partial charge in [-0.25, -0.2) is 4.68 Å². The summed E-state index contributed by atoms with van der Waals surface area (Å²) in [7, 11) is 1.89. The summed E-state index contributed by atoms with van der Waals surface area (Å²) in [6.45, 7) is 2.92. The Bertz CT molecular complexity index is 759. The number of thioether (sulfide) groups is 2. The molecule has 0 fully saturated rings. The second kappa shape index (κ2) is 10.3. The lowest BCUT2D eigenvalue weighted by Gasteiger charge is -2.16. The lowest BCUT2D eigenvalue weighted by molar-refractivity contribution is -0.117. The van der Waals surface area contributed by atoms with Crippen molar-refractivity contribution in [3.8, 4) is 0 Å². The maximum Gasteiger partial charge on any atom is 0.238 e. The molecular formula is C16H22N4OS4. The molecule has 0 unspecified atom stereocenters. The van der Waals surface area contributed by atoms with Crippen LogP contribution in [0, 0.1) is 3.95 Å². The molecule has 9 heteroatoms. The van der Waals surface area contributed by atoms with E-state index in [4.69, 9.17) is 12.2 Å². The smallest absolute Gasteiger partial charge is 0.238 e. The van der Waals surface area contributed by atoms with E-state index in [1.165, 1.54) is 11.3 Å². The first-order chi connectivity index (χ1) is 12.0. The summed E-state index contributed by atoms with van der Waals surface area (Å²) in [5, 5.41) is 7.49. The summed E-state index contributed by atoms with van der Waals surface area (Å²) in [6.07, 6.45) is 3.10. The van der Waals surface area contributed by atoms with Crippen molar-refractivity contribution in [2.75, 3.05) is 30.9 Å². The normalized spacial score (nSPS) is 11.0. The molecule has 1 N–H and O–H groups in total. The predicted octanol–water partition coefficient (Wildman–Crippen LogP) is 4.43. The van der Waals surface area contributed by atoms with Crippen LogP contribution in [0.15, 0.2) is 33.5 Å². The molecule has 0 aliphatic heterocycles. The molecule has 1 aromatic heterocycles. The number of benzene rings is 1. The molecule has 0 radical (unpaired) electrons. The summed E-state index contributed by atoms with van der Waals surface area (Å²) in [5.74, 6) is 0.987. The Labute approximate surface area is 166 Å². The molecule has 25 heavy (non-hydrogen) atoms. The second-order valence-electron chi connectivity index (χ2n) is 5.39. The minimum absolute atomic E-state index is 0.0497. The zero-order chi connectivity index (χ0) is 18.2. The van der Waals surface area contributed by atoms with Gasteiger partial charge in [-0.3, -0.25) is 9.69 Å². The van der Waals surface area contributed by atoms with Gasteiger partial charge in [-0.1, -0.05) is 42.2 Å². The summed E-state index contributed by atoms with van der Waals surface area (Å²) >= 11 is 10.2. The van der Waals surface area contributed by atoms with E-state index < -0.39 is 0 Å². The highest BCUT2D eigenvalue weighted by atomic mass is 32.2. The zero-order valence-corrected chi connectivity index (χ0v) is 17.8. The summed E-state index contributed by atoms with van der Waals surface area (Å²) in [4.78, 5) is 15.3. The molecule has 0 atom stereocenters. The average molecular weight is 415 g/mol. The van der Waals surface area contributed by atoms with Crippen LogP contribution in [0.3, 0.4) is 0 Å². The molecule has 1 heterocycles. The molecule has 0 saturated heterocycles. The van der Waals surface area contributed by atoms with Gasteiger partial charge in [0.1, 0.15) is 0 Å². The van der Waals surface area contributed by atoms with E-state index in [0.29, 0.717) is 6.67 Å². The summed E-state index contributed by atoms with van der Waals surface area (Å²) < 4.78 is 3.50. The molecular weight excluding hydrogens is 392 g/mol. The van der Waals surface area contributed by atoms with Gasteiger partial charge < -0.3 is 5.32 Å². The molecule has 0 saturated carbocycles. The number of aromatic nitrogens is 2. The Morgan fingerprint density at radius 3 is 2.92 bits per heavy atom. The van der Waals surface area contributed by atoms with Gasteiger partial charge in [-0.2, -0.15) is 5.10 Å². The molecule has 1 amide bonds. The fourth-order valence-electron chi connectivity index (χ4n) is 2.09. The van der Waals surface area contributed by atoms with Crippen LogP contribution in [0.2, 0.25) is 0 Å². The first-order valence-corrected chi connectivity index (χ1v) is 11.3. The summed E-state index contributed by atoms with van der Waals surface area (Å²) in [5.41, 5.74) is 0.844. The molecule has 136 valence electrons. The van der Waals surface area contributed by atoms with Crippen LogP contribution in [0.1, 0.15) is 13.3 Å². The third-order valence-electron chi connectivity index (χ3n) is 3.19. The Balaban J connectivity index is 1.91. The molecule has 0 aliphatic carbocycles. The molecule has 2 aromatic rings. The number of hydrogen-bond acceptors (Lipinski definition) is 7. The topological polar surface area (TPSA) is 50.2 Å². The first-order valence-electron chi connectivity index (χ1n) is 7.85. The van der Waals surface area contributed by atoms with Crippen molar-refractivity contribution in [3.63, 3.8) is 0 Å². The Morgan fingerprint density at radius 1 is 1.44 bits per heavy atom. The van der Waals surface area contributed by atoms with Gasteiger partial charge in [0.15, 0.2) is 8.29 Å². The average Bonchev–Trinajstić information content (AvgIpc) is 2.92. The Kier molecular flexibility index (Phi) is 8.44. The van der Waals surface area contributed by atoms with Crippen LogP contribution in [0.5, 0.6) is 0 Å². The van der Waals surface area contributed by atoms with Gasteiger partial charge in [0.05, 0.1) is 18.9 Å². The number of anilines is 1. The van der Waals surface area contributed by atoms with Crippen molar-refractivity contribution in [3.05, 3.63) is 28.2 Å². The van der Waals surface area contributed by atoms with E-state index in [-0.39, 0.29) is 12.5 Å². The lowest BCUT2D eigenvalue weighted by Crippen LogP contribution is -2.32. The molecule has 0 bridgehead atoms. The lowest BCUT2D eigenvalue weighted by atomic mass is 10.3. The van der Waals surface area contributed by atoms with E-state index in [9.17, 15) is 4.79 Å². The van der Waals surface area contributed by atoms with Crippen LogP contribution in [-0.2, 0) is 11.5 Å². The quantitative estimate of drug-likeness (QED) is 0.484. The number of hydrogen-bond donors (Lipinski definition) is 1. The number of carbonyl (C=O) groups excluding carboxylic acids is 1. The molecule has 0 aliphatic rings. The monoisotopic (exact) mass is 414 g/mol. The number of nitrogens with zero attached hydrogens (tertiary/aromatic N) is 3. The molecule has 5 nitrogen and oxygen atoms in total. The largest absolute Gasteiger partial charge is 0.324 e. The van der Waals surface area contributed by atoms with E-state index >= 15 is 0 Å². The summed E-state index contributed by atoms with van der Waals surface area (Å²) in [6, 6.07) is 7.79. The Morgan fingerprint density at radius 2 is 2.20 bits per heavy atom. The van der Waals surface area contributed by atoms with Crippen LogP contribution in [0.4, 0.5) is 5.69 Å². The van der Waals surface area contributed by atoms with Crippen LogP contribution in [0.25, 0.3) is 0 Å². The number of para-hydroxylation sites is 1. The van der Waals surface area contributed by atoms with E-state index in [1.54, 1.807) is 28.2 Å². The minimum Gasteiger partial charge on any atom is -0.324 e. The predicted molar refractivity (Wildman–Crippen MR) is 111 cm³/mol. The van der Waals surface area contributed by atoms with Crippen LogP contribution < -0.4 is 5.32 Å². The number of amides is 1. The minimum atomic E-state index is -0.0497. The molecule has 0 spiro atoms. The van der Waals surface area contributed by atoms with Crippen molar-refractivity contribution < 1.29 is 4.79 Å². The van der Waals surface area contributed by atoms with Gasteiger partial charge in [0, 0.05) is 10.6 Å². The van der Waals surface area contributed by atoms with Gasteiger partial charge in [-0.05, 0) is 44.1 Å². The zero-order valence-electron chi connectivity index (χ0n) is 14.5. The highest BCUT2D eigenvalue weighted by Crippen LogP contribution is 2.24. The highest BCUT2D eigenvalue weighted by Gasteiger charge is 2.11. The molecule has 1 aromatic carbocycles. The fraction of sp³-hybridized carbons (Fsp3) is 0.438. The number of rotatable bonds is 9. The maximum absolute atomic E-state index is 12.3. The van der Waals surface area contributed by atoms with E-state index in [0.717, 1.165) is 31.1 Å². The van der Waals surface area contributed by atoms with Gasteiger partial charge in [0.25, 0.3) is 0 Å². The Hall–Kier alpha value is -0.870. The van der Waals surface area contributed by atoms with Crippen molar-refractivity contribution in [1.29, 1.82) is 0 Å². The van der Waals surface area contributed by atoms with Gasteiger partial charge in [0.2, 0.25) is 5.91 Å². The third-order valence-corrected chi connectivity index (χ3v) is 6.63. The highest BCUT2D eigenvalue weighted by molar-refractivity contribution is 8.01. The third kappa shape index (κ3) is 6.41. The van der Waals surface area contributed by atoms with E-state index in [2.05, 4.69) is 17.3 Å². The number of nitrogens with one attached hydrogen (secondary N) is 1.